The molecule has 0 spiro atoms. The van der Waals surface area contributed by atoms with Gasteiger partial charge in [0.05, 0.1) is 25.7 Å². The molecule has 1 aliphatic heterocycles. The molecule has 36 heavy (non-hydrogen) atoms. The molecule has 0 amide bonds. The van der Waals surface area contributed by atoms with Crippen LogP contribution in [0.25, 0.3) is 0 Å². The summed E-state index contributed by atoms with van der Waals surface area (Å²) in [6, 6.07) is 16.6. The van der Waals surface area contributed by atoms with Gasteiger partial charge in [0.2, 0.25) is 0 Å². The Balaban J connectivity index is 0.000000201. The third-order valence-corrected chi connectivity index (χ3v) is 6.02. The van der Waals surface area contributed by atoms with Gasteiger partial charge in [0.25, 0.3) is 0 Å². The molecule has 2 aromatic carbocycles. The van der Waals surface area contributed by atoms with Gasteiger partial charge in [-0.25, -0.2) is 13.6 Å². The first-order chi connectivity index (χ1) is 17.4. The van der Waals surface area contributed by atoms with Crippen LogP contribution in [0, 0.1) is 17.6 Å². The molecule has 0 bridgehead atoms. The van der Waals surface area contributed by atoms with E-state index in [4.69, 9.17) is 4.74 Å². The zero-order valence-corrected chi connectivity index (χ0v) is 20.4. The number of ether oxygens (including phenoxy) is 2. The van der Waals surface area contributed by atoms with Gasteiger partial charge in [-0.3, -0.25) is 9.78 Å². The number of aromatic nitrogens is 1. The van der Waals surface area contributed by atoms with Crippen LogP contribution in [0.5, 0.6) is 0 Å². The van der Waals surface area contributed by atoms with Crippen molar-refractivity contribution in [3.63, 3.8) is 0 Å². The molecule has 1 fully saturated rings. The van der Waals surface area contributed by atoms with E-state index in [1.807, 2.05) is 6.07 Å². The van der Waals surface area contributed by atoms with Gasteiger partial charge in [-0.15, -0.1) is 0 Å². The molecule has 2 unspecified atom stereocenters. The Hall–Kier alpha value is -3.65. The van der Waals surface area contributed by atoms with Crippen LogP contribution in [0.1, 0.15) is 40.0 Å². The van der Waals surface area contributed by atoms with Gasteiger partial charge in [0.15, 0.2) is 0 Å². The van der Waals surface area contributed by atoms with Crippen molar-refractivity contribution >= 4 is 11.9 Å². The van der Waals surface area contributed by atoms with Crippen molar-refractivity contribution < 1.29 is 27.8 Å². The summed E-state index contributed by atoms with van der Waals surface area (Å²) in [5.41, 5.74) is 2.29. The highest BCUT2D eigenvalue weighted by atomic mass is 19.1. The highest BCUT2D eigenvalue weighted by Crippen LogP contribution is 2.21. The number of benzene rings is 2. The number of halogens is 2. The van der Waals surface area contributed by atoms with Crippen LogP contribution in [0.2, 0.25) is 0 Å². The van der Waals surface area contributed by atoms with Crippen LogP contribution in [-0.4, -0.2) is 43.7 Å². The van der Waals surface area contributed by atoms with Crippen LogP contribution >= 0.6 is 0 Å². The van der Waals surface area contributed by atoms with Gasteiger partial charge in [-0.2, -0.15) is 0 Å². The number of rotatable bonds is 6. The van der Waals surface area contributed by atoms with E-state index >= 15 is 0 Å². The van der Waals surface area contributed by atoms with Gasteiger partial charge >= 0.3 is 11.9 Å². The van der Waals surface area contributed by atoms with Crippen molar-refractivity contribution in [2.24, 2.45) is 5.92 Å². The van der Waals surface area contributed by atoms with Crippen molar-refractivity contribution in [3.8, 4) is 0 Å². The summed E-state index contributed by atoms with van der Waals surface area (Å²) in [6.45, 7) is 0.777. The van der Waals surface area contributed by atoms with Crippen molar-refractivity contribution in [2.45, 2.75) is 31.7 Å². The predicted octanol–water partition coefficient (Wildman–Crippen LogP) is 4.51. The van der Waals surface area contributed by atoms with Crippen LogP contribution in [0.4, 0.5) is 8.78 Å². The lowest BCUT2D eigenvalue weighted by Gasteiger charge is -2.29. The molecular formula is C28H30F2N2O4. The molecule has 6 nitrogen and oxygen atoms in total. The van der Waals surface area contributed by atoms with E-state index in [2.05, 4.69) is 15.0 Å². The average molecular weight is 497 g/mol. The summed E-state index contributed by atoms with van der Waals surface area (Å²) in [7, 11) is 2.73. The SMILES string of the molecule is COC(=O)C1CCNC(Cc2ccccc2F)C1.COC(=O)c1ccnc(Cc2ccccc2F)c1. The Kier molecular flexibility index (Phi) is 10.1. The molecule has 0 saturated carbocycles. The number of nitrogens with zero attached hydrogens (tertiary/aromatic N) is 1. The van der Waals surface area contributed by atoms with Gasteiger partial charge < -0.3 is 14.8 Å². The van der Waals surface area contributed by atoms with E-state index < -0.39 is 5.97 Å². The molecule has 4 rings (SSSR count). The van der Waals surface area contributed by atoms with E-state index in [-0.39, 0.29) is 29.6 Å². The molecule has 190 valence electrons. The van der Waals surface area contributed by atoms with Gasteiger partial charge in [0.1, 0.15) is 11.6 Å². The normalized spacial score (nSPS) is 16.9. The van der Waals surface area contributed by atoms with E-state index in [0.717, 1.165) is 13.0 Å². The Bertz CT molecular complexity index is 1170. The van der Waals surface area contributed by atoms with Crippen LogP contribution < -0.4 is 5.32 Å². The smallest absolute Gasteiger partial charge is 0.337 e. The number of pyridine rings is 1. The number of hydrogen-bond acceptors (Lipinski definition) is 6. The highest BCUT2D eigenvalue weighted by Gasteiger charge is 2.27. The van der Waals surface area contributed by atoms with Gasteiger partial charge in [0, 0.05) is 24.4 Å². The molecule has 0 aliphatic carbocycles. The number of hydrogen-bond donors (Lipinski definition) is 1. The number of carbonyl (C=O) groups excluding carboxylic acids is 2. The third-order valence-electron chi connectivity index (χ3n) is 6.02. The molecule has 2 heterocycles. The maximum absolute atomic E-state index is 13.5. The van der Waals surface area contributed by atoms with Crippen molar-refractivity contribution in [2.75, 3.05) is 20.8 Å². The number of carbonyl (C=O) groups is 2. The van der Waals surface area contributed by atoms with Gasteiger partial charge in [-0.1, -0.05) is 36.4 Å². The predicted molar refractivity (Wildman–Crippen MR) is 131 cm³/mol. The van der Waals surface area contributed by atoms with Crippen molar-refractivity contribution in [3.05, 3.63) is 101 Å². The summed E-state index contributed by atoms with van der Waals surface area (Å²) in [4.78, 5) is 27.0. The summed E-state index contributed by atoms with van der Waals surface area (Å²) >= 11 is 0. The molecule has 1 N–H and O–H groups in total. The molecule has 1 saturated heterocycles. The highest BCUT2D eigenvalue weighted by molar-refractivity contribution is 5.89. The van der Waals surface area contributed by atoms with E-state index in [1.165, 1.54) is 32.5 Å². The lowest BCUT2D eigenvalue weighted by Crippen LogP contribution is -2.42. The summed E-state index contributed by atoms with van der Waals surface area (Å²) in [5.74, 6) is -1.10. The zero-order valence-electron chi connectivity index (χ0n) is 20.4. The van der Waals surface area contributed by atoms with E-state index in [1.54, 1.807) is 42.5 Å². The van der Waals surface area contributed by atoms with Crippen molar-refractivity contribution in [1.82, 2.24) is 10.3 Å². The van der Waals surface area contributed by atoms with E-state index in [9.17, 15) is 18.4 Å². The van der Waals surface area contributed by atoms with Crippen LogP contribution in [-0.2, 0) is 27.1 Å². The fourth-order valence-corrected chi connectivity index (χ4v) is 4.13. The first-order valence-electron chi connectivity index (χ1n) is 11.7. The Morgan fingerprint density at radius 2 is 1.64 bits per heavy atom. The number of esters is 2. The van der Waals surface area contributed by atoms with Crippen LogP contribution in [0.3, 0.4) is 0 Å². The molecule has 1 aromatic heterocycles. The second-order valence-corrected chi connectivity index (χ2v) is 8.49. The minimum atomic E-state index is -0.424. The largest absolute Gasteiger partial charge is 0.469 e. The quantitative estimate of drug-likeness (QED) is 0.506. The average Bonchev–Trinajstić information content (AvgIpc) is 2.91. The molecule has 0 radical (unpaired) electrons. The zero-order chi connectivity index (χ0) is 25.9. The lowest BCUT2D eigenvalue weighted by molar-refractivity contribution is -0.146. The lowest BCUT2D eigenvalue weighted by atomic mass is 9.89. The Morgan fingerprint density at radius 3 is 2.28 bits per heavy atom. The van der Waals surface area contributed by atoms with E-state index in [0.29, 0.717) is 41.6 Å². The maximum atomic E-state index is 13.5. The monoisotopic (exact) mass is 496 g/mol. The fourth-order valence-electron chi connectivity index (χ4n) is 4.13. The molecule has 2 atom stereocenters. The number of nitrogens with one attached hydrogen (secondary N) is 1. The minimum absolute atomic E-state index is 0.0620. The second kappa shape index (κ2) is 13.4. The molecule has 3 aromatic rings. The molecular weight excluding hydrogens is 466 g/mol. The summed E-state index contributed by atoms with van der Waals surface area (Å²) < 4.78 is 36.4. The number of piperidine rings is 1. The maximum Gasteiger partial charge on any atom is 0.337 e. The topological polar surface area (TPSA) is 77.5 Å². The van der Waals surface area contributed by atoms with Gasteiger partial charge in [-0.05, 0) is 61.2 Å². The first-order valence-corrected chi connectivity index (χ1v) is 11.7. The molecule has 1 aliphatic rings. The second-order valence-electron chi connectivity index (χ2n) is 8.49. The summed E-state index contributed by atoms with van der Waals surface area (Å²) in [6.07, 6.45) is 3.97. The Morgan fingerprint density at radius 1 is 0.972 bits per heavy atom. The van der Waals surface area contributed by atoms with Crippen molar-refractivity contribution in [1.29, 1.82) is 0 Å². The summed E-state index contributed by atoms with van der Waals surface area (Å²) in [5, 5.41) is 3.33. The third kappa shape index (κ3) is 7.68. The Labute approximate surface area is 209 Å². The molecule has 8 heteroatoms. The number of methoxy groups -OCH3 is 2. The standard InChI is InChI=1S/C14H18FNO2.C14H12FNO2/c2*1-18-14(17)11-6-7-16-12(9-11)8-10-4-2-3-5-13(10)15/h2-5,11-12,16H,6-9H2,1H3;2-7,9H,8H2,1H3. The first kappa shape index (κ1) is 26.9. The minimum Gasteiger partial charge on any atom is -0.469 e. The van der Waals surface area contributed by atoms with Crippen LogP contribution in [0.15, 0.2) is 66.9 Å². The fraction of sp³-hybridized carbons (Fsp3) is 0.321.